The van der Waals surface area contributed by atoms with Crippen LogP contribution in [0.2, 0.25) is 0 Å². The van der Waals surface area contributed by atoms with E-state index in [4.69, 9.17) is 13.9 Å². The third-order valence-electron chi connectivity index (χ3n) is 6.96. The van der Waals surface area contributed by atoms with Crippen molar-refractivity contribution in [2.75, 3.05) is 6.79 Å². The van der Waals surface area contributed by atoms with E-state index in [-0.39, 0.29) is 37.0 Å². The van der Waals surface area contributed by atoms with Crippen molar-refractivity contribution in [2.24, 2.45) is 0 Å². The van der Waals surface area contributed by atoms with Crippen molar-refractivity contribution in [1.29, 1.82) is 0 Å². The first-order chi connectivity index (χ1) is 17.5. The van der Waals surface area contributed by atoms with Gasteiger partial charge in [0, 0.05) is 12.6 Å². The van der Waals surface area contributed by atoms with Gasteiger partial charge in [0.2, 0.25) is 12.7 Å². The summed E-state index contributed by atoms with van der Waals surface area (Å²) in [4.78, 5) is 29.2. The first-order valence-corrected chi connectivity index (χ1v) is 12.6. The molecule has 2 aromatic carbocycles. The molecule has 1 aliphatic heterocycles. The van der Waals surface area contributed by atoms with Crippen LogP contribution < -0.4 is 14.8 Å². The lowest BCUT2D eigenvalue weighted by molar-refractivity contribution is -0.126. The van der Waals surface area contributed by atoms with Crippen LogP contribution >= 0.6 is 0 Å². The second-order valence-corrected chi connectivity index (χ2v) is 9.81. The van der Waals surface area contributed by atoms with Crippen molar-refractivity contribution < 1.29 is 23.5 Å². The first kappa shape index (κ1) is 24.0. The Morgan fingerprint density at radius 2 is 1.69 bits per heavy atom. The molecule has 1 aromatic heterocycles. The predicted octanol–water partition coefficient (Wildman–Crippen LogP) is 5.57. The fraction of sp³-hybridized carbons (Fsp3) is 0.379. The van der Waals surface area contributed by atoms with E-state index in [1.54, 1.807) is 17.0 Å². The molecule has 3 aromatic rings. The zero-order chi connectivity index (χ0) is 25.1. The van der Waals surface area contributed by atoms with Crippen molar-refractivity contribution in [3.63, 3.8) is 0 Å². The van der Waals surface area contributed by atoms with Crippen LogP contribution in [-0.4, -0.2) is 29.5 Å². The number of rotatable bonds is 8. The van der Waals surface area contributed by atoms with E-state index < -0.39 is 6.04 Å². The lowest BCUT2D eigenvalue weighted by Gasteiger charge is -2.32. The normalized spacial score (nSPS) is 15.8. The molecule has 36 heavy (non-hydrogen) atoms. The summed E-state index contributed by atoms with van der Waals surface area (Å²) in [6.45, 7) is 4.63. The van der Waals surface area contributed by atoms with Crippen LogP contribution in [0.5, 0.6) is 11.5 Å². The minimum Gasteiger partial charge on any atom is -0.459 e. The zero-order valence-electron chi connectivity index (χ0n) is 20.7. The Morgan fingerprint density at radius 1 is 0.972 bits per heavy atom. The van der Waals surface area contributed by atoms with Crippen molar-refractivity contribution in [2.45, 2.75) is 64.1 Å². The number of carbonyl (C=O) groups excluding carboxylic acids is 2. The number of benzene rings is 2. The second-order valence-electron chi connectivity index (χ2n) is 9.81. The van der Waals surface area contributed by atoms with Gasteiger partial charge in [-0.15, -0.1) is 0 Å². The van der Waals surface area contributed by atoms with E-state index in [9.17, 15) is 9.59 Å². The molecule has 0 radical (unpaired) electrons. The minimum absolute atomic E-state index is 0.126. The topological polar surface area (TPSA) is 81.0 Å². The molecule has 1 atom stereocenters. The Bertz CT molecular complexity index is 1200. The molecule has 0 spiro atoms. The fourth-order valence-corrected chi connectivity index (χ4v) is 4.94. The van der Waals surface area contributed by atoms with E-state index in [0.29, 0.717) is 17.4 Å². The summed E-state index contributed by atoms with van der Waals surface area (Å²) < 4.78 is 16.5. The molecule has 7 nitrogen and oxygen atoms in total. The molecule has 1 aliphatic carbocycles. The Morgan fingerprint density at radius 3 is 2.39 bits per heavy atom. The molecule has 2 heterocycles. The molecule has 2 aliphatic rings. The van der Waals surface area contributed by atoms with Gasteiger partial charge in [-0.25, -0.2) is 0 Å². The van der Waals surface area contributed by atoms with Crippen LogP contribution in [0.3, 0.4) is 0 Å². The number of furan rings is 1. The maximum Gasteiger partial charge on any atom is 0.290 e. The smallest absolute Gasteiger partial charge is 0.290 e. The number of ether oxygens (including phenoxy) is 2. The molecule has 7 heteroatoms. The maximum absolute atomic E-state index is 13.8. The van der Waals surface area contributed by atoms with Gasteiger partial charge in [-0.2, -0.15) is 0 Å². The highest BCUT2D eigenvalue weighted by Crippen LogP contribution is 2.34. The van der Waals surface area contributed by atoms with Crippen LogP contribution in [0.15, 0.2) is 65.3 Å². The molecule has 1 fully saturated rings. The minimum atomic E-state index is -0.824. The Balaban J connectivity index is 1.53. The molecule has 0 unspecified atom stereocenters. The van der Waals surface area contributed by atoms with Gasteiger partial charge in [0.1, 0.15) is 6.04 Å². The van der Waals surface area contributed by atoms with Crippen LogP contribution in [-0.2, 0) is 11.3 Å². The third-order valence-corrected chi connectivity index (χ3v) is 6.96. The van der Waals surface area contributed by atoms with Crippen LogP contribution in [0, 0.1) is 0 Å². The van der Waals surface area contributed by atoms with Gasteiger partial charge in [-0.3, -0.25) is 9.59 Å². The maximum atomic E-state index is 13.8. The van der Waals surface area contributed by atoms with Gasteiger partial charge < -0.3 is 24.1 Å². The monoisotopic (exact) mass is 488 g/mol. The largest absolute Gasteiger partial charge is 0.459 e. The van der Waals surface area contributed by atoms with Gasteiger partial charge in [-0.1, -0.05) is 57.0 Å². The van der Waals surface area contributed by atoms with E-state index in [1.807, 2.05) is 42.5 Å². The van der Waals surface area contributed by atoms with Crippen LogP contribution in [0.4, 0.5) is 0 Å². The third kappa shape index (κ3) is 5.10. The Hall–Kier alpha value is -3.74. The number of amides is 2. The van der Waals surface area contributed by atoms with Gasteiger partial charge in [0.15, 0.2) is 17.3 Å². The SMILES string of the molecule is CC(C)c1ccc([C@@H](C(=O)NC2CCCC2)N(Cc2ccc3c(c2)OCO3)C(=O)c2ccco2)cc1. The Kier molecular flexibility index (Phi) is 6.98. The number of fused-ring (bicyclic) bond motifs is 1. The van der Waals surface area contributed by atoms with Crippen molar-refractivity contribution in [3.8, 4) is 11.5 Å². The highest BCUT2D eigenvalue weighted by atomic mass is 16.7. The quantitative estimate of drug-likeness (QED) is 0.448. The van der Waals surface area contributed by atoms with Gasteiger partial charge in [0.05, 0.1) is 6.26 Å². The molecule has 1 saturated carbocycles. The average molecular weight is 489 g/mol. The fourth-order valence-electron chi connectivity index (χ4n) is 4.94. The molecule has 188 valence electrons. The second kappa shape index (κ2) is 10.5. The Labute approximate surface area is 211 Å². The molecule has 1 N–H and O–H groups in total. The summed E-state index contributed by atoms with van der Waals surface area (Å²) >= 11 is 0. The number of hydrogen-bond acceptors (Lipinski definition) is 5. The zero-order valence-corrected chi connectivity index (χ0v) is 20.7. The van der Waals surface area contributed by atoms with E-state index >= 15 is 0 Å². The van der Waals surface area contributed by atoms with Crippen LogP contribution in [0.1, 0.15) is 78.7 Å². The van der Waals surface area contributed by atoms with Crippen molar-refractivity contribution >= 4 is 11.8 Å². The van der Waals surface area contributed by atoms with E-state index in [1.165, 1.54) is 11.8 Å². The number of nitrogens with zero attached hydrogens (tertiary/aromatic N) is 1. The lowest BCUT2D eigenvalue weighted by Crippen LogP contribution is -2.45. The highest BCUT2D eigenvalue weighted by Gasteiger charge is 2.35. The van der Waals surface area contributed by atoms with E-state index in [0.717, 1.165) is 36.8 Å². The number of hydrogen-bond donors (Lipinski definition) is 1. The summed E-state index contributed by atoms with van der Waals surface area (Å²) in [6.07, 6.45) is 5.59. The molecule has 0 bridgehead atoms. The summed E-state index contributed by atoms with van der Waals surface area (Å²) in [7, 11) is 0. The molecular formula is C29H32N2O5. The van der Waals surface area contributed by atoms with Crippen molar-refractivity contribution in [1.82, 2.24) is 10.2 Å². The summed E-state index contributed by atoms with van der Waals surface area (Å²) in [5, 5.41) is 3.21. The average Bonchev–Trinajstić information content (AvgIpc) is 3.66. The summed E-state index contributed by atoms with van der Waals surface area (Å²) in [5.41, 5.74) is 2.76. The van der Waals surface area contributed by atoms with Gasteiger partial charge in [-0.05, 0) is 59.7 Å². The van der Waals surface area contributed by atoms with Gasteiger partial charge >= 0.3 is 0 Å². The molecular weight excluding hydrogens is 456 g/mol. The standard InChI is InChI=1S/C29H32N2O5/c1-19(2)21-10-12-22(13-11-21)27(28(32)30-23-6-3-4-7-23)31(29(33)25-8-5-15-34-25)17-20-9-14-24-26(16-20)36-18-35-24/h5,8-16,19,23,27H,3-4,6-7,17-18H2,1-2H3,(H,30,32)/t27-/m0/s1. The van der Waals surface area contributed by atoms with E-state index in [2.05, 4.69) is 19.2 Å². The molecule has 2 amide bonds. The lowest BCUT2D eigenvalue weighted by atomic mass is 9.97. The van der Waals surface area contributed by atoms with Crippen molar-refractivity contribution in [3.05, 3.63) is 83.3 Å². The number of carbonyl (C=O) groups is 2. The first-order valence-electron chi connectivity index (χ1n) is 12.6. The molecule has 0 saturated heterocycles. The molecule has 5 rings (SSSR count). The van der Waals surface area contributed by atoms with Crippen LogP contribution in [0.25, 0.3) is 0 Å². The highest BCUT2D eigenvalue weighted by molar-refractivity contribution is 5.96. The summed E-state index contributed by atoms with van der Waals surface area (Å²) in [6, 6.07) is 16.2. The summed E-state index contributed by atoms with van der Waals surface area (Å²) in [5.74, 6) is 1.32. The predicted molar refractivity (Wildman–Crippen MR) is 135 cm³/mol. The van der Waals surface area contributed by atoms with Gasteiger partial charge in [0.25, 0.3) is 5.91 Å². The number of nitrogens with one attached hydrogen (secondary N) is 1.